The van der Waals surface area contributed by atoms with Crippen molar-refractivity contribution < 1.29 is 9.53 Å². The van der Waals surface area contributed by atoms with E-state index < -0.39 is 0 Å². The number of amides is 1. The fourth-order valence-corrected chi connectivity index (χ4v) is 3.22. The van der Waals surface area contributed by atoms with Crippen LogP contribution in [0.25, 0.3) is 0 Å². The Balaban J connectivity index is 1.46. The van der Waals surface area contributed by atoms with E-state index in [9.17, 15) is 4.79 Å². The van der Waals surface area contributed by atoms with Gasteiger partial charge in [0.25, 0.3) is 5.91 Å². The molecule has 0 atom stereocenters. The minimum Gasteiger partial charge on any atom is -0.378 e. The summed E-state index contributed by atoms with van der Waals surface area (Å²) in [6, 6.07) is 19.5. The van der Waals surface area contributed by atoms with Crippen molar-refractivity contribution in [3.05, 3.63) is 78.2 Å². The number of para-hydroxylation sites is 2. The van der Waals surface area contributed by atoms with Crippen LogP contribution in [0.15, 0.2) is 67.0 Å². The lowest BCUT2D eigenvalue weighted by Gasteiger charge is -2.30. The minimum absolute atomic E-state index is 0.235. The monoisotopic (exact) mass is 389 g/mol. The lowest BCUT2D eigenvalue weighted by Crippen LogP contribution is -2.36. The van der Waals surface area contributed by atoms with Gasteiger partial charge in [0.1, 0.15) is 17.8 Å². The second-order valence-electron chi connectivity index (χ2n) is 6.70. The van der Waals surface area contributed by atoms with Gasteiger partial charge in [0, 0.05) is 25.7 Å². The molecule has 148 valence electrons. The molecule has 1 aromatic heterocycles. The molecule has 4 rings (SSSR count). The Bertz CT molecular complexity index is 958. The predicted molar refractivity (Wildman–Crippen MR) is 112 cm³/mol. The van der Waals surface area contributed by atoms with E-state index in [1.165, 1.54) is 6.33 Å². The summed E-state index contributed by atoms with van der Waals surface area (Å²) in [5.41, 5.74) is 3.38. The zero-order valence-corrected chi connectivity index (χ0v) is 16.0. The van der Waals surface area contributed by atoms with Crippen molar-refractivity contribution in [3.8, 4) is 0 Å². The number of carbonyl (C=O) groups excluding carboxylic acids is 1. The van der Waals surface area contributed by atoms with Crippen molar-refractivity contribution in [1.29, 1.82) is 0 Å². The fourth-order valence-electron chi connectivity index (χ4n) is 3.22. The molecular weight excluding hydrogens is 366 g/mol. The third-order valence-electron chi connectivity index (χ3n) is 4.71. The number of carbonyl (C=O) groups is 1. The van der Waals surface area contributed by atoms with Crippen LogP contribution in [0.2, 0.25) is 0 Å². The Morgan fingerprint density at radius 3 is 2.59 bits per heavy atom. The van der Waals surface area contributed by atoms with E-state index in [0.717, 1.165) is 30.0 Å². The minimum atomic E-state index is -0.235. The highest BCUT2D eigenvalue weighted by atomic mass is 16.5. The first kappa shape index (κ1) is 18.9. The Hall–Kier alpha value is -3.45. The van der Waals surface area contributed by atoms with E-state index in [1.807, 2.05) is 48.5 Å². The summed E-state index contributed by atoms with van der Waals surface area (Å²) in [4.78, 5) is 23.2. The summed E-state index contributed by atoms with van der Waals surface area (Å²) in [6.07, 6.45) is 1.40. The zero-order chi connectivity index (χ0) is 19.9. The normalized spacial score (nSPS) is 13.7. The van der Waals surface area contributed by atoms with Crippen molar-refractivity contribution in [1.82, 2.24) is 15.3 Å². The van der Waals surface area contributed by atoms with Gasteiger partial charge in [0.15, 0.2) is 0 Å². The molecule has 2 N–H and O–H groups in total. The Labute approximate surface area is 169 Å². The highest BCUT2D eigenvalue weighted by Crippen LogP contribution is 2.28. The van der Waals surface area contributed by atoms with Gasteiger partial charge in [0.2, 0.25) is 0 Å². The molecule has 0 saturated carbocycles. The van der Waals surface area contributed by atoms with Crippen LogP contribution >= 0.6 is 0 Å². The second kappa shape index (κ2) is 9.16. The molecule has 3 aromatic rings. The molecule has 0 aliphatic carbocycles. The van der Waals surface area contributed by atoms with E-state index in [2.05, 4.69) is 31.6 Å². The first-order valence-electron chi connectivity index (χ1n) is 9.62. The van der Waals surface area contributed by atoms with Crippen LogP contribution in [-0.2, 0) is 11.3 Å². The smallest absolute Gasteiger partial charge is 0.270 e. The molecular formula is C22H23N5O2. The molecule has 29 heavy (non-hydrogen) atoms. The van der Waals surface area contributed by atoms with E-state index in [0.29, 0.717) is 31.3 Å². The van der Waals surface area contributed by atoms with Crippen molar-refractivity contribution in [2.75, 3.05) is 36.5 Å². The maximum absolute atomic E-state index is 12.5. The average Bonchev–Trinajstić information content (AvgIpc) is 2.79. The van der Waals surface area contributed by atoms with Gasteiger partial charge in [-0.2, -0.15) is 0 Å². The molecule has 0 radical (unpaired) electrons. The Morgan fingerprint density at radius 1 is 1.00 bits per heavy atom. The number of hydrogen-bond donors (Lipinski definition) is 2. The maximum Gasteiger partial charge on any atom is 0.270 e. The molecule has 0 unspecified atom stereocenters. The number of nitrogens with one attached hydrogen (secondary N) is 2. The van der Waals surface area contributed by atoms with Crippen LogP contribution in [0.5, 0.6) is 0 Å². The SMILES string of the molecule is O=C(NCc1ccccc1)c1cc(Nc2ccccc2N2CCOCC2)ncn1. The highest BCUT2D eigenvalue weighted by Gasteiger charge is 2.15. The number of morpholine rings is 1. The number of anilines is 3. The van der Waals surface area contributed by atoms with Gasteiger partial charge in [-0.05, 0) is 17.7 Å². The second-order valence-corrected chi connectivity index (χ2v) is 6.70. The molecule has 7 heteroatoms. The van der Waals surface area contributed by atoms with Crippen LogP contribution in [0.1, 0.15) is 16.1 Å². The summed E-state index contributed by atoms with van der Waals surface area (Å²) in [5, 5.41) is 6.22. The molecule has 2 heterocycles. The standard InChI is InChI=1S/C22H23N5O2/c28-22(23-15-17-6-2-1-3-7-17)19-14-21(25-16-24-19)26-18-8-4-5-9-20(18)27-10-12-29-13-11-27/h1-9,14,16H,10-13,15H2,(H,23,28)(H,24,25,26). The van der Waals surface area contributed by atoms with Gasteiger partial charge in [-0.1, -0.05) is 42.5 Å². The molecule has 2 aromatic carbocycles. The number of ether oxygens (including phenoxy) is 1. The maximum atomic E-state index is 12.5. The molecule has 0 bridgehead atoms. The number of hydrogen-bond acceptors (Lipinski definition) is 6. The highest BCUT2D eigenvalue weighted by molar-refractivity contribution is 5.93. The summed E-state index contributed by atoms with van der Waals surface area (Å²) >= 11 is 0. The molecule has 1 fully saturated rings. The van der Waals surface area contributed by atoms with Crippen LogP contribution in [-0.4, -0.2) is 42.2 Å². The van der Waals surface area contributed by atoms with E-state index >= 15 is 0 Å². The summed E-state index contributed by atoms with van der Waals surface area (Å²) in [6.45, 7) is 3.57. The first-order valence-corrected chi connectivity index (χ1v) is 9.62. The lowest BCUT2D eigenvalue weighted by atomic mass is 10.2. The summed E-state index contributed by atoms with van der Waals surface area (Å²) in [5.74, 6) is 0.339. The van der Waals surface area contributed by atoms with E-state index in [-0.39, 0.29) is 5.91 Å². The van der Waals surface area contributed by atoms with Gasteiger partial charge in [-0.25, -0.2) is 9.97 Å². The summed E-state index contributed by atoms with van der Waals surface area (Å²) in [7, 11) is 0. The number of nitrogens with zero attached hydrogens (tertiary/aromatic N) is 3. The van der Waals surface area contributed by atoms with Crippen molar-refractivity contribution in [3.63, 3.8) is 0 Å². The molecule has 1 amide bonds. The van der Waals surface area contributed by atoms with Gasteiger partial charge in [0.05, 0.1) is 24.6 Å². The lowest BCUT2D eigenvalue weighted by molar-refractivity contribution is 0.0945. The number of benzene rings is 2. The fraction of sp³-hybridized carbons (Fsp3) is 0.227. The van der Waals surface area contributed by atoms with E-state index in [1.54, 1.807) is 6.07 Å². The third-order valence-corrected chi connectivity index (χ3v) is 4.71. The largest absolute Gasteiger partial charge is 0.378 e. The quantitative estimate of drug-likeness (QED) is 0.675. The van der Waals surface area contributed by atoms with Crippen molar-refractivity contribution in [2.45, 2.75) is 6.54 Å². The molecule has 1 aliphatic rings. The molecule has 1 saturated heterocycles. The molecule has 1 aliphatic heterocycles. The molecule has 0 spiro atoms. The zero-order valence-electron chi connectivity index (χ0n) is 16.0. The topological polar surface area (TPSA) is 79.4 Å². The average molecular weight is 389 g/mol. The van der Waals surface area contributed by atoms with Crippen LogP contribution in [0, 0.1) is 0 Å². The van der Waals surface area contributed by atoms with Gasteiger partial charge < -0.3 is 20.3 Å². The predicted octanol–water partition coefficient (Wildman–Crippen LogP) is 2.99. The number of rotatable bonds is 6. The van der Waals surface area contributed by atoms with Crippen molar-refractivity contribution in [2.24, 2.45) is 0 Å². The number of aromatic nitrogens is 2. The van der Waals surface area contributed by atoms with Gasteiger partial charge in [-0.15, -0.1) is 0 Å². The Kier molecular flexibility index (Phi) is 5.97. The first-order chi connectivity index (χ1) is 14.3. The van der Waals surface area contributed by atoms with Crippen molar-refractivity contribution >= 4 is 23.1 Å². The summed E-state index contributed by atoms with van der Waals surface area (Å²) < 4.78 is 5.45. The van der Waals surface area contributed by atoms with Crippen LogP contribution in [0.3, 0.4) is 0 Å². The van der Waals surface area contributed by atoms with Crippen LogP contribution < -0.4 is 15.5 Å². The van der Waals surface area contributed by atoms with Gasteiger partial charge >= 0.3 is 0 Å². The molecule has 7 nitrogen and oxygen atoms in total. The van der Waals surface area contributed by atoms with E-state index in [4.69, 9.17) is 4.74 Å². The third kappa shape index (κ3) is 4.89. The van der Waals surface area contributed by atoms with Crippen LogP contribution in [0.4, 0.5) is 17.2 Å². The van der Waals surface area contributed by atoms with Gasteiger partial charge in [-0.3, -0.25) is 4.79 Å². The Morgan fingerprint density at radius 2 is 1.76 bits per heavy atom.